The van der Waals surface area contributed by atoms with Gasteiger partial charge in [-0.2, -0.15) is 0 Å². The van der Waals surface area contributed by atoms with Crippen molar-refractivity contribution < 1.29 is 13.9 Å². The van der Waals surface area contributed by atoms with Gasteiger partial charge in [-0.25, -0.2) is 4.39 Å². The summed E-state index contributed by atoms with van der Waals surface area (Å²) in [5.74, 6) is 0.612. The molecule has 4 nitrogen and oxygen atoms in total. The SMILES string of the molecule is O=C(c1cccc(COc2ccc(Br)cc2)c1)N1CCN(Cc2cccc(F)c2)CC1. The summed E-state index contributed by atoms with van der Waals surface area (Å²) in [7, 11) is 0. The third-order valence-electron chi connectivity index (χ3n) is 5.35. The van der Waals surface area contributed by atoms with Crippen LogP contribution in [0.15, 0.2) is 77.3 Å². The lowest BCUT2D eigenvalue weighted by atomic mass is 10.1. The molecular formula is C25H24BrFN2O2. The molecule has 1 heterocycles. The van der Waals surface area contributed by atoms with Gasteiger partial charge >= 0.3 is 0 Å². The van der Waals surface area contributed by atoms with Crippen LogP contribution in [0.1, 0.15) is 21.5 Å². The zero-order valence-corrected chi connectivity index (χ0v) is 18.7. The number of ether oxygens (including phenoxy) is 1. The van der Waals surface area contributed by atoms with Gasteiger partial charge in [-0.05, 0) is 59.7 Å². The summed E-state index contributed by atoms with van der Waals surface area (Å²) in [6, 6.07) is 22.0. The molecule has 0 saturated carbocycles. The number of benzene rings is 3. The van der Waals surface area contributed by atoms with Crippen LogP contribution in [0.25, 0.3) is 0 Å². The van der Waals surface area contributed by atoms with Gasteiger partial charge in [-0.1, -0.05) is 40.2 Å². The van der Waals surface area contributed by atoms with Gasteiger partial charge in [0.05, 0.1) is 0 Å². The van der Waals surface area contributed by atoms with Crippen LogP contribution in [-0.4, -0.2) is 41.9 Å². The Morgan fingerprint density at radius 3 is 2.35 bits per heavy atom. The summed E-state index contributed by atoms with van der Waals surface area (Å²) in [5.41, 5.74) is 2.59. The van der Waals surface area contributed by atoms with E-state index in [9.17, 15) is 9.18 Å². The minimum atomic E-state index is -0.213. The van der Waals surface area contributed by atoms with Crippen molar-refractivity contribution in [2.75, 3.05) is 26.2 Å². The predicted molar refractivity (Wildman–Crippen MR) is 122 cm³/mol. The van der Waals surface area contributed by atoms with Crippen molar-refractivity contribution in [1.29, 1.82) is 0 Å². The van der Waals surface area contributed by atoms with Crippen molar-refractivity contribution in [3.05, 3.63) is 99.8 Å². The summed E-state index contributed by atoms with van der Waals surface area (Å²) < 4.78 is 20.2. The molecule has 3 aromatic carbocycles. The van der Waals surface area contributed by atoms with Crippen LogP contribution in [0.3, 0.4) is 0 Å². The standard InChI is InChI=1S/C25H24BrFN2O2/c26-22-7-9-24(10-8-22)31-18-20-4-1-5-21(15-20)25(30)29-13-11-28(12-14-29)17-19-3-2-6-23(27)16-19/h1-10,15-16H,11-14,17-18H2. The fourth-order valence-corrected chi connectivity index (χ4v) is 3.94. The Kier molecular flexibility index (Phi) is 6.99. The molecule has 0 radical (unpaired) electrons. The van der Waals surface area contributed by atoms with Crippen LogP contribution in [-0.2, 0) is 13.2 Å². The minimum absolute atomic E-state index is 0.0379. The van der Waals surface area contributed by atoms with Gasteiger partial charge in [0.15, 0.2) is 0 Å². The van der Waals surface area contributed by atoms with Gasteiger partial charge in [0.25, 0.3) is 5.91 Å². The van der Waals surface area contributed by atoms with E-state index in [-0.39, 0.29) is 11.7 Å². The highest BCUT2D eigenvalue weighted by Crippen LogP contribution is 2.18. The van der Waals surface area contributed by atoms with Crippen LogP contribution in [0.5, 0.6) is 5.75 Å². The highest BCUT2D eigenvalue weighted by Gasteiger charge is 2.22. The van der Waals surface area contributed by atoms with E-state index in [0.717, 1.165) is 34.4 Å². The van der Waals surface area contributed by atoms with E-state index in [1.807, 2.05) is 59.5 Å². The lowest BCUT2D eigenvalue weighted by molar-refractivity contribution is 0.0628. The Labute approximate surface area is 190 Å². The summed E-state index contributed by atoms with van der Waals surface area (Å²) in [5, 5.41) is 0. The number of halogens is 2. The first-order chi connectivity index (χ1) is 15.1. The summed E-state index contributed by atoms with van der Waals surface area (Å²) in [6.45, 7) is 3.97. The van der Waals surface area contributed by atoms with Gasteiger partial charge in [0.1, 0.15) is 18.2 Å². The molecule has 0 spiro atoms. The molecule has 0 aromatic heterocycles. The second-order valence-corrected chi connectivity index (χ2v) is 8.56. The number of amides is 1. The topological polar surface area (TPSA) is 32.8 Å². The molecule has 1 fully saturated rings. The van der Waals surface area contributed by atoms with Crippen LogP contribution >= 0.6 is 15.9 Å². The molecule has 31 heavy (non-hydrogen) atoms. The van der Waals surface area contributed by atoms with Crippen LogP contribution in [0, 0.1) is 5.82 Å². The Balaban J connectivity index is 1.31. The highest BCUT2D eigenvalue weighted by molar-refractivity contribution is 9.10. The molecule has 0 bridgehead atoms. The summed E-state index contributed by atoms with van der Waals surface area (Å²) in [6.07, 6.45) is 0. The fourth-order valence-electron chi connectivity index (χ4n) is 3.68. The molecule has 1 aliphatic rings. The average Bonchev–Trinajstić information content (AvgIpc) is 2.79. The van der Waals surface area contributed by atoms with Crippen LogP contribution < -0.4 is 4.74 Å². The lowest BCUT2D eigenvalue weighted by Crippen LogP contribution is -2.48. The van der Waals surface area contributed by atoms with E-state index in [2.05, 4.69) is 20.8 Å². The minimum Gasteiger partial charge on any atom is -0.489 e. The number of rotatable bonds is 6. The molecule has 3 aromatic rings. The quantitative estimate of drug-likeness (QED) is 0.488. The maximum Gasteiger partial charge on any atom is 0.253 e. The van der Waals surface area contributed by atoms with E-state index < -0.39 is 0 Å². The normalized spacial score (nSPS) is 14.5. The zero-order valence-electron chi connectivity index (χ0n) is 17.1. The van der Waals surface area contributed by atoms with Gasteiger partial charge in [0.2, 0.25) is 0 Å². The first-order valence-corrected chi connectivity index (χ1v) is 11.1. The number of nitrogens with zero attached hydrogens (tertiary/aromatic N) is 2. The predicted octanol–water partition coefficient (Wildman–Crippen LogP) is 5.13. The van der Waals surface area contributed by atoms with E-state index in [1.54, 1.807) is 12.1 Å². The maximum absolute atomic E-state index is 13.4. The van der Waals surface area contributed by atoms with Crippen molar-refractivity contribution in [3.8, 4) is 5.75 Å². The molecule has 0 aliphatic carbocycles. The number of piperazine rings is 1. The Morgan fingerprint density at radius 2 is 1.61 bits per heavy atom. The Bertz CT molecular complexity index is 1030. The van der Waals surface area contributed by atoms with Gasteiger partial charge in [0, 0.05) is 42.8 Å². The number of hydrogen-bond acceptors (Lipinski definition) is 3. The highest BCUT2D eigenvalue weighted by atomic mass is 79.9. The van der Waals surface area contributed by atoms with Gasteiger partial charge in [-0.15, -0.1) is 0 Å². The molecule has 4 rings (SSSR count). The second kappa shape index (κ2) is 10.1. The molecular weight excluding hydrogens is 459 g/mol. The van der Waals surface area contributed by atoms with Crippen molar-refractivity contribution >= 4 is 21.8 Å². The Morgan fingerprint density at radius 1 is 0.903 bits per heavy atom. The number of carbonyl (C=O) groups is 1. The molecule has 0 N–H and O–H groups in total. The zero-order chi connectivity index (χ0) is 21.6. The van der Waals surface area contributed by atoms with Crippen molar-refractivity contribution in [1.82, 2.24) is 9.80 Å². The molecule has 1 aliphatic heterocycles. The number of hydrogen-bond donors (Lipinski definition) is 0. The summed E-state index contributed by atoms with van der Waals surface area (Å²) in [4.78, 5) is 17.1. The summed E-state index contributed by atoms with van der Waals surface area (Å²) >= 11 is 3.41. The molecule has 0 unspecified atom stereocenters. The van der Waals surface area contributed by atoms with Crippen LogP contribution in [0.4, 0.5) is 4.39 Å². The monoisotopic (exact) mass is 482 g/mol. The third-order valence-corrected chi connectivity index (χ3v) is 5.88. The molecule has 0 atom stereocenters. The molecule has 1 amide bonds. The van der Waals surface area contributed by atoms with E-state index in [0.29, 0.717) is 31.8 Å². The van der Waals surface area contributed by atoms with E-state index >= 15 is 0 Å². The molecule has 160 valence electrons. The first kappa shape index (κ1) is 21.5. The van der Waals surface area contributed by atoms with E-state index in [1.165, 1.54) is 6.07 Å². The van der Waals surface area contributed by atoms with Gasteiger partial charge < -0.3 is 9.64 Å². The largest absolute Gasteiger partial charge is 0.489 e. The number of carbonyl (C=O) groups excluding carboxylic acids is 1. The smallest absolute Gasteiger partial charge is 0.253 e. The van der Waals surface area contributed by atoms with Crippen molar-refractivity contribution in [2.24, 2.45) is 0 Å². The lowest BCUT2D eigenvalue weighted by Gasteiger charge is -2.34. The fraction of sp³-hybridized carbons (Fsp3) is 0.240. The van der Waals surface area contributed by atoms with Crippen molar-refractivity contribution in [3.63, 3.8) is 0 Å². The first-order valence-electron chi connectivity index (χ1n) is 10.3. The molecule has 6 heteroatoms. The second-order valence-electron chi connectivity index (χ2n) is 7.64. The van der Waals surface area contributed by atoms with Gasteiger partial charge in [-0.3, -0.25) is 9.69 Å². The Hall–Kier alpha value is -2.70. The van der Waals surface area contributed by atoms with Crippen molar-refractivity contribution in [2.45, 2.75) is 13.2 Å². The average molecular weight is 483 g/mol. The van der Waals surface area contributed by atoms with E-state index in [4.69, 9.17) is 4.74 Å². The molecule has 1 saturated heterocycles. The third kappa shape index (κ3) is 5.93. The van der Waals surface area contributed by atoms with Crippen LogP contribution in [0.2, 0.25) is 0 Å². The maximum atomic E-state index is 13.4.